The molecule has 0 aliphatic rings. The molecule has 0 atom stereocenters. The van der Waals surface area contributed by atoms with Crippen molar-refractivity contribution in [3.63, 3.8) is 0 Å². The molecular formula is C33H18F9N6O3+. The third kappa shape index (κ3) is 9.61. The van der Waals surface area contributed by atoms with Crippen molar-refractivity contribution in [3.8, 4) is 29.9 Å². The lowest BCUT2D eigenvalue weighted by Crippen LogP contribution is -2.30. The van der Waals surface area contributed by atoms with Gasteiger partial charge in [-0.3, -0.25) is 31.3 Å². The summed E-state index contributed by atoms with van der Waals surface area (Å²) in [4.78, 5) is 28.4. The number of rotatable bonds is 6. The first-order chi connectivity index (χ1) is 23.9. The van der Waals surface area contributed by atoms with E-state index in [0.29, 0.717) is 29.8 Å². The minimum absolute atomic E-state index is 0.0195. The lowest BCUT2D eigenvalue weighted by Gasteiger charge is -2.16. The Bertz CT molecular complexity index is 2150. The number of nitriles is 1. The predicted molar refractivity (Wildman–Crippen MR) is 163 cm³/mol. The second kappa shape index (κ2) is 14.7. The van der Waals surface area contributed by atoms with Gasteiger partial charge in [-0.15, -0.1) is 0 Å². The molecule has 0 aliphatic heterocycles. The zero-order valence-corrected chi connectivity index (χ0v) is 25.1. The summed E-state index contributed by atoms with van der Waals surface area (Å²) in [6.07, 6.45) is -14.6. The Labute approximate surface area is 281 Å². The molecule has 0 radical (unpaired) electrons. The summed E-state index contributed by atoms with van der Waals surface area (Å²) >= 11 is 0. The van der Waals surface area contributed by atoms with E-state index in [1.165, 1.54) is 24.3 Å². The second-order valence-electron chi connectivity index (χ2n) is 10.1. The third-order valence-electron chi connectivity index (χ3n) is 6.56. The van der Waals surface area contributed by atoms with E-state index >= 15 is 0 Å². The molecule has 4 rings (SSSR count). The van der Waals surface area contributed by atoms with Crippen molar-refractivity contribution in [1.29, 1.82) is 5.26 Å². The summed E-state index contributed by atoms with van der Waals surface area (Å²) in [5.41, 5.74) is 2.58. The van der Waals surface area contributed by atoms with Crippen LogP contribution in [0.1, 0.15) is 54.1 Å². The fourth-order valence-corrected chi connectivity index (χ4v) is 4.09. The van der Waals surface area contributed by atoms with Crippen molar-refractivity contribution in [2.75, 3.05) is 10.9 Å². The van der Waals surface area contributed by atoms with Gasteiger partial charge >= 0.3 is 30.6 Å². The van der Waals surface area contributed by atoms with Crippen molar-refractivity contribution >= 4 is 23.2 Å². The van der Waals surface area contributed by atoms with Crippen LogP contribution in [0.25, 0.3) is 4.85 Å². The summed E-state index contributed by atoms with van der Waals surface area (Å²) in [5, 5.41) is 18.7. The Hall–Kier alpha value is -6.87. The van der Waals surface area contributed by atoms with Crippen molar-refractivity contribution < 1.29 is 54.2 Å². The van der Waals surface area contributed by atoms with Crippen LogP contribution in [0, 0.1) is 29.4 Å². The van der Waals surface area contributed by atoms with Crippen LogP contribution in [0.15, 0.2) is 78.9 Å². The van der Waals surface area contributed by atoms with Gasteiger partial charge in [0.15, 0.2) is 0 Å². The predicted octanol–water partition coefficient (Wildman–Crippen LogP) is 7.52. The number of nitrogens with zero attached hydrogens (tertiary/aromatic N) is 2. The molecule has 0 aliphatic carbocycles. The zero-order valence-electron chi connectivity index (χ0n) is 25.1. The fraction of sp³-hybridized carbons (Fsp3) is 0.0909. The maximum atomic E-state index is 13.7. The second-order valence-corrected chi connectivity index (χ2v) is 10.1. The van der Waals surface area contributed by atoms with Gasteiger partial charge in [-0.2, -0.15) is 44.8 Å². The highest BCUT2D eigenvalue weighted by Crippen LogP contribution is 2.37. The van der Waals surface area contributed by atoms with Gasteiger partial charge < -0.3 is 5.11 Å². The van der Waals surface area contributed by atoms with Gasteiger partial charge in [0.25, 0.3) is 11.8 Å². The van der Waals surface area contributed by atoms with Gasteiger partial charge in [-0.25, -0.2) is 0 Å². The summed E-state index contributed by atoms with van der Waals surface area (Å²) < 4.78 is 120. The van der Waals surface area contributed by atoms with Gasteiger partial charge in [-0.05, 0) is 78.9 Å². The highest BCUT2D eigenvalue weighted by atomic mass is 19.4. The zero-order chi connectivity index (χ0) is 37.6. The number of nitrogens with one attached hydrogen (secondary N) is 4. The van der Waals surface area contributed by atoms with E-state index in [2.05, 4.69) is 33.7 Å². The molecule has 0 aromatic heterocycles. The van der Waals surface area contributed by atoms with Crippen LogP contribution < -0.4 is 21.7 Å². The Morgan fingerprint density at radius 2 is 1.18 bits per heavy atom. The molecule has 4 aromatic rings. The lowest BCUT2D eigenvalue weighted by atomic mass is 10.1. The molecule has 4 aromatic carbocycles. The normalized spacial score (nSPS) is 11.1. The summed E-state index contributed by atoms with van der Waals surface area (Å²) in [6.45, 7) is 0. The Morgan fingerprint density at radius 3 is 1.71 bits per heavy atom. The van der Waals surface area contributed by atoms with Crippen LogP contribution in [0.3, 0.4) is 0 Å². The quantitative estimate of drug-likeness (QED) is 0.0797. The SMILES string of the molecule is N#Cc1ccc(NNC(=O)c2ccc(C#C[N+]#Cc3ccc(NNC(=O)c4ccc(C(F)(F)F)cc4O)c(C(F)(F)F)c3)cc2)c(C(F)(F)F)c1. The minimum atomic E-state index is -4.96. The van der Waals surface area contributed by atoms with Crippen LogP contribution in [0.5, 0.6) is 5.75 Å². The molecular weight excluding hydrogens is 699 g/mol. The molecule has 51 heavy (non-hydrogen) atoms. The van der Waals surface area contributed by atoms with Crippen molar-refractivity contribution in [3.05, 3.63) is 128 Å². The number of aromatic hydroxyl groups is 1. The van der Waals surface area contributed by atoms with Gasteiger partial charge in [0.1, 0.15) is 11.3 Å². The summed E-state index contributed by atoms with van der Waals surface area (Å²) in [5.74, 6) is -0.539. The highest BCUT2D eigenvalue weighted by molar-refractivity contribution is 5.97. The largest absolute Gasteiger partial charge is 0.507 e. The molecule has 0 saturated heterocycles. The number of hydrogen-bond donors (Lipinski definition) is 5. The molecule has 0 saturated carbocycles. The van der Waals surface area contributed by atoms with E-state index in [1.807, 2.05) is 10.9 Å². The average molecular weight is 718 g/mol. The Kier molecular flexibility index (Phi) is 10.7. The number of carbonyl (C=O) groups is 2. The molecule has 260 valence electrons. The number of alkyl halides is 9. The first kappa shape index (κ1) is 37.0. The monoisotopic (exact) mass is 717 g/mol. The molecule has 0 fully saturated rings. The number of phenolic OH excluding ortho intramolecular Hbond substituents is 1. The van der Waals surface area contributed by atoms with Crippen LogP contribution in [-0.2, 0) is 18.5 Å². The molecule has 0 heterocycles. The number of anilines is 2. The number of carbonyl (C=O) groups excluding carboxylic acids is 2. The van der Waals surface area contributed by atoms with Gasteiger partial charge in [0.2, 0.25) is 0 Å². The van der Waals surface area contributed by atoms with Gasteiger partial charge in [0, 0.05) is 21.9 Å². The van der Waals surface area contributed by atoms with Crippen LogP contribution >= 0.6 is 0 Å². The standard InChI is InChI=1S/C33H17F9N6O3/c34-31(35,36)22-7-8-23(28(49)15-22)30(51)48-46-27-10-4-20(14-25(27)33(40,41)42)17-44-12-11-18-1-5-21(6-2-18)29(50)47-45-26-9-3-19(16-43)13-24(26)32(37,38)39/h1-10,13-15,45H,(H3,47,48,49,50,51)/p+1. The Morgan fingerprint density at radius 1 is 0.647 bits per heavy atom. The van der Waals surface area contributed by atoms with Gasteiger partial charge in [0.05, 0.1) is 45.3 Å². The number of amides is 2. The van der Waals surface area contributed by atoms with Crippen molar-refractivity contribution in [2.45, 2.75) is 18.5 Å². The smallest absolute Gasteiger partial charge is 0.418 e. The van der Waals surface area contributed by atoms with Crippen molar-refractivity contribution in [1.82, 2.24) is 10.9 Å². The molecule has 0 unspecified atom stereocenters. The number of halogens is 9. The molecule has 0 spiro atoms. The molecule has 2 amide bonds. The third-order valence-corrected chi connectivity index (χ3v) is 6.56. The number of hydrogen-bond acceptors (Lipinski definition) is 6. The fourth-order valence-electron chi connectivity index (χ4n) is 4.09. The van der Waals surface area contributed by atoms with E-state index in [-0.39, 0.29) is 22.8 Å². The number of phenols is 1. The minimum Gasteiger partial charge on any atom is -0.507 e. The van der Waals surface area contributed by atoms with Crippen LogP contribution in [-0.4, -0.2) is 16.9 Å². The molecule has 18 heteroatoms. The molecule has 0 bridgehead atoms. The van der Waals surface area contributed by atoms with Crippen molar-refractivity contribution in [2.24, 2.45) is 0 Å². The summed E-state index contributed by atoms with van der Waals surface area (Å²) in [7, 11) is 0. The average Bonchev–Trinajstić information content (AvgIpc) is 3.07. The lowest BCUT2D eigenvalue weighted by molar-refractivity contribution is -0.138. The van der Waals surface area contributed by atoms with E-state index < -0.39 is 69.7 Å². The van der Waals surface area contributed by atoms with E-state index in [9.17, 15) is 54.2 Å². The van der Waals surface area contributed by atoms with Gasteiger partial charge in [-0.1, -0.05) is 0 Å². The number of benzene rings is 4. The van der Waals surface area contributed by atoms with E-state index in [1.54, 1.807) is 6.07 Å². The van der Waals surface area contributed by atoms with Crippen LogP contribution in [0.4, 0.5) is 50.9 Å². The van der Waals surface area contributed by atoms with Crippen LogP contribution in [0.2, 0.25) is 0 Å². The highest BCUT2D eigenvalue weighted by Gasteiger charge is 2.36. The van der Waals surface area contributed by atoms with E-state index in [4.69, 9.17) is 5.26 Å². The molecule has 9 nitrogen and oxygen atoms in total. The maximum Gasteiger partial charge on any atom is 0.418 e. The maximum absolute atomic E-state index is 13.7. The summed E-state index contributed by atoms with van der Waals surface area (Å²) in [6, 6.07) is 18.3. The Balaban J connectivity index is 1.40. The molecule has 5 N–H and O–H groups in total. The topological polar surface area (TPSA) is 131 Å². The first-order valence-electron chi connectivity index (χ1n) is 13.8. The van der Waals surface area contributed by atoms with E-state index in [0.717, 1.165) is 24.3 Å². The first-order valence-corrected chi connectivity index (χ1v) is 13.8. The number of hydrazine groups is 2.